The Hall–Kier alpha value is -1.14. The average molecular weight is 392 g/mol. The predicted molar refractivity (Wildman–Crippen MR) is 101 cm³/mol. The van der Waals surface area contributed by atoms with Gasteiger partial charge in [-0.05, 0) is 62.7 Å². The highest BCUT2D eigenvalue weighted by Gasteiger charge is 2.78. The summed E-state index contributed by atoms with van der Waals surface area (Å²) in [5, 5.41) is 10.6. The van der Waals surface area contributed by atoms with Gasteiger partial charge < -0.3 is 20.3 Å². The fourth-order valence-electron chi connectivity index (χ4n) is 8.39. The minimum absolute atomic E-state index is 0.0242. The van der Waals surface area contributed by atoms with E-state index in [0.717, 1.165) is 38.5 Å². The molecule has 28 heavy (non-hydrogen) atoms. The number of esters is 1. The zero-order chi connectivity index (χ0) is 20.1. The molecule has 1 saturated heterocycles. The summed E-state index contributed by atoms with van der Waals surface area (Å²) in [5.41, 5.74) is 5.30. The second-order valence-corrected chi connectivity index (χ2v) is 10.7. The zero-order valence-electron chi connectivity index (χ0n) is 17.1. The minimum Gasteiger partial charge on any atom is -0.462 e. The molecule has 6 nitrogen and oxygen atoms in total. The van der Waals surface area contributed by atoms with Crippen LogP contribution in [0.1, 0.15) is 65.7 Å². The molecule has 6 heteroatoms. The van der Waals surface area contributed by atoms with Gasteiger partial charge in [-0.1, -0.05) is 13.8 Å². The van der Waals surface area contributed by atoms with E-state index in [-0.39, 0.29) is 34.6 Å². The van der Waals surface area contributed by atoms with E-state index < -0.39 is 17.9 Å². The fraction of sp³-hybridized carbons (Fsp3) is 0.909. The lowest BCUT2D eigenvalue weighted by Gasteiger charge is -2.60. The van der Waals surface area contributed by atoms with E-state index in [9.17, 15) is 14.7 Å². The number of hydrogen-bond acceptors (Lipinski definition) is 5. The summed E-state index contributed by atoms with van der Waals surface area (Å²) in [7, 11) is 0. The maximum atomic E-state index is 12.0. The van der Waals surface area contributed by atoms with Crippen LogP contribution in [0.5, 0.6) is 0 Å². The molecule has 3 N–H and O–H groups in total. The first-order valence-corrected chi connectivity index (χ1v) is 11.0. The fourth-order valence-corrected chi connectivity index (χ4v) is 8.39. The number of rotatable bonds is 2. The quantitative estimate of drug-likeness (QED) is 0.555. The lowest BCUT2D eigenvalue weighted by molar-refractivity contribution is -0.164. The molecule has 1 unspecified atom stereocenters. The van der Waals surface area contributed by atoms with Crippen molar-refractivity contribution >= 4 is 11.9 Å². The van der Waals surface area contributed by atoms with Crippen molar-refractivity contribution in [3.05, 3.63) is 0 Å². The van der Waals surface area contributed by atoms with Gasteiger partial charge in [-0.15, -0.1) is 0 Å². The number of hydrogen-bond donors (Lipinski definition) is 2. The van der Waals surface area contributed by atoms with Crippen LogP contribution in [0, 0.1) is 34.5 Å². The normalized spacial score (nSPS) is 56.6. The second kappa shape index (κ2) is 5.72. The molecular weight excluding hydrogens is 358 g/mol. The van der Waals surface area contributed by atoms with Crippen LogP contribution in [-0.2, 0) is 19.1 Å². The lowest BCUT2D eigenvalue weighted by Crippen LogP contribution is -2.61. The van der Waals surface area contributed by atoms with Crippen molar-refractivity contribution < 1.29 is 24.2 Å². The van der Waals surface area contributed by atoms with Gasteiger partial charge in [0.15, 0.2) is 0 Å². The van der Waals surface area contributed by atoms with E-state index >= 15 is 0 Å². The Kier molecular flexibility index (Phi) is 3.85. The molecule has 1 spiro atoms. The van der Waals surface area contributed by atoms with Crippen LogP contribution < -0.4 is 5.73 Å². The van der Waals surface area contributed by atoms with Crippen molar-refractivity contribution in [2.75, 3.05) is 0 Å². The number of epoxide rings is 1. The lowest BCUT2D eigenvalue weighted by atomic mass is 9.44. The van der Waals surface area contributed by atoms with Gasteiger partial charge in [0.2, 0.25) is 5.91 Å². The SMILES string of the molecule is CC(=O)O[C@H]1CC[C@H]2[C@@H]3CC[C@@]45O[C@@H]4[C@H](O)C(C(N)=O)C[C@]5(C)[C@H]3CC[C@]12C. The Labute approximate surface area is 166 Å². The topological polar surface area (TPSA) is 102 Å². The van der Waals surface area contributed by atoms with E-state index in [1.165, 1.54) is 6.92 Å². The molecular formula is C22H33NO5. The van der Waals surface area contributed by atoms with Gasteiger partial charge in [-0.2, -0.15) is 0 Å². The molecule has 0 radical (unpaired) electrons. The Morgan fingerprint density at radius 3 is 2.54 bits per heavy atom. The minimum atomic E-state index is -0.768. The summed E-state index contributed by atoms with van der Waals surface area (Å²) >= 11 is 0. The smallest absolute Gasteiger partial charge is 0.302 e. The Morgan fingerprint density at radius 2 is 1.86 bits per heavy atom. The summed E-state index contributed by atoms with van der Waals surface area (Å²) in [6.45, 7) is 6.11. The zero-order valence-corrected chi connectivity index (χ0v) is 17.1. The van der Waals surface area contributed by atoms with Gasteiger partial charge in [0.1, 0.15) is 17.8 Å². The summed E-state index contributed by atoms with van der Waals surface area (Å²) in [5.74, 6) is 0.467. The van der Waals surface area contributed by atoms with Crippen molar-refractivity contribution in [1.82, 2.24) is 0 Å². The van der Waals surface area contributed by atoms with Gasteiger partial charge in [-0.25, -0.2) is 0 Å². The molecule has 1 aliphatic heterocycles. The maximum Gasteiger partial charge on any atom is 0.302 e. The summed E-state index contributed by atoms with van der Waals surface area (Å²) in [6, 6.07) is 0. The molecule has 0 aromatic carbocycles. The maximum absolute atomic E-state index is 12.0. The Bertz CT molecular complexity index is 726. The summed E-state index contributed by atoms with van der Waals surface area (Å²) < 4.78 is 11.9. The highest BCUT2D eigenvalue weighted by atomic mass is 16.6. The molecule has 5 rings (SSSR count). The molecule has 4 aliphatic carbocycles. The van der Waals surface area contributed by atoms with Crippen LogP contribution in [0.3, 0.4) is 0 Å². The molecule has 4 saturated carbocycles. The van der Waals surface area contributed by atoms with Crippen molar-refractivity contribution in [3.63, 3.8) is 0 Å². The van der Waals surface area contributed by atoms with Crippen molar-refractivity contribution in [2.45, 2.75) is 89.6 Å². The molecule has 0 bridgehead atoms. The largest absolute Gasteiger partial charge is 0.462 e. The van der Waals surface area contributed by atoms with E-state index in [1.54, 1.807) is 0 Å². The number of primary amides is 1. The van der Waals surface area contributed by atoms with Gasteiger partial charge >= 0.3 is 5.97 Å². The van der Waals surface area contributed by atoms with Gasteiger partial charge in [0.05, 0.1) is 12.0 Å². The van der Waals surface area contributed by atoms with Gasteiger partial charge in [0.25, 0.3) is 0 Å². The van der Waals surface area contributed by atoms with Crippen LogP contribution in [0.4, 0.5) is 0 Å². The number of aliphatic hydroxyl groups excluding tert-OH is 1. The molecule has 1 heterocycles. The van der Waals surface area contributed by atoms with E-state index in [0.29, 0.717) is 24.2 Å². The van der Waals surface area contributed by atoms with E-state index in [2.05, 4.69) is 13.8 Å². The third kappa shape index (κ3) is 2.16. The Balaban J connectivity index is 1.45. The van der Waals surface area contributed by atoms with Crippen molar-refractivity contribution in [3.8, 4) is 0 Å². The van der Waals surface area contributed by atoms with Gasteiger partial charge in [0, 0.05) is 17.8 Å². The molecule has 0 aromatic rings. The number of aliphatic hydroxyl groups is 1. The predicted octanol–water partition coefficient (Wildman–Crippen LogP) is 2.16. The molecule has 1 amide bonds. The van der Waals surface area contributed by atoms with Crippen LogP contribution in [0.2, 0.25) is 0 Å². The van der Waals surface area contributed by atoms with E-state index in [4.69, 9.17) is 15.2 Å². The monoisotopic (exact) mass is 391 g/mol. The first-order valence-electron chi connectivity index (χ1n) is 11.0. The van der Waals surface area contributed by atoms with Crippen molar-refractivity contribution in [1.29, 1.82) is 0 Å². The first-order chi connectivity index (χ1) is 13.1. The van der Waals surface area contributed by atoms with Crippen LogP contribution in [-0.4, -0.2) is 40.9 Å². The van der Waals surface area contributed by atoms with Gasteiger partial charge in [-0.3, -0.25) is 9.59 Å². The van der Waals surface area contributed by atoms with Crippen LogP contribution >= 0.6 is 0 Å². The third-order valence-corrected chi connectivity index (χ3v) is 9.76. The number of carbonyl (C=O) groups excluding carboxylic acids is 2. The molecule has 0 aromatic heterocycles. The average Bonchev–Trinajstić information content (AvgIpc) is 3.28. The number of ether oxygens (including phenoxy) is 2. The highest BCUT2D eigenvalue weighted by molar-refractivity contribution is 5.78. The number of fused-ring (bicyclic) bond motifs is 4. The molecule has 5 fully saturated rings. The van der Waals surface area contributed by atoms with Crippen molar-refractivity contribution in [2.24, 2.45) is 40.2 Å². The number of amides is 1. The molecule has 5 aliphatic rings. The van der Waals surface area contributed by atoms with Crippen LogP contribution in [0.25, 0.3) is 0 Å². The standard InChI is InChI=1S/C22H33NO5/c1-11(24)27-16-5-4-14-12-6-9-22-18(28-22)17(25)13(19(23)26)10-21(22,3)15(12)7-8-20(14,16)2/h12-18,25H,4-10H2,1-3H3,(H2,23,26)/t12-,13?,14-,15-,16-,17+,18+,20-,21+,22+/m0/s1. The van der Waals surface area contributed by atoms with E-state index in [1.807, 2.05) is 0 Å². The molecule has 156 valence electrons. The Morgan fingerprint density at radius 1 is 1.11 bits per heavy atom. The summed E-state index contributed by atoms with van der Waals surface area (Å²) in [6.07, 6.45) is 5.83. The van der Waals surface area contributed by atoms with Crippen LogP contribution in [0.15, 0.2) is 0 Å². The number of carbonyl (C=O) groups is 2. The number of nitrogens with two attached hydrogens (primary N) is 1. The first kappa shape index (κ1) is 18.9. The molecule has 10 atom stereocenters. The highest BCUT2D eigenvalue weighted by Crippen LogP contribution is 2.73. The third-order valence-electron chi connectivity index (χ3n) is 9.76. The summed E-state index contributed by atoms with van der Waals surface area (Å²) in [4.78, 5) is 23.7. The second-order valence-electron chi connectivity index (χ2n) is 10.7.